The lowest BCUT2D eigenvalue weighted by Crippen LogP contribution is -2.04. The molecule has 3 aromatic rings. The van der Waals surface area contributed by atoms with Crippen molar-refractivity contribution in [1.29, 1.82) is 0 Å². The fraction of sp³-hybridized carbons (Fsp3) is 0.240. The number of carbonyl (C=O) groups is 1. The summed E-state index contributed by atoms with van der Waals surface area (Å²) in [7, 11) is 0. The number of benzene rings is 3. The van der Waals surface area contributed by atoms with Gasteiger partial charge in [-0.2, -0.15) is 0 Å². The molecule has 0 aliphatic carbocycles. The molecule has 0 unspecified atom stereocenters. The summed E-state index contributed by atoms with van der Waals surface area (Å²) in [6.45, 7) is 2.71. The minimum atomic E-state index is -0.277. The first-order valence-electron chi connectivity index (χ1n) is 9.97. The van der Waals surface area contributed by atoms with E-state index in [1.54, 1.807) is 6.92 Å². The summed E-state index contributed by atoms with van der Waals surface area (Å²) in [6.07, 6.45) is 2.79. The molecule has 0 aliphatic rings. The summed E-state index contributed by atoms with van der Waals surface area (Å²) in [5, 5.41) is 0. The van der Waals surface area contributed by atoms with Crippen LogP contribution < -0.4 is 10.5 Å². The highest BCUT2D eigenvalue weighted by Gasteiger charge is 2.08. The predicted octanol–water partition coefficient (Wildman–Crippen LogP) is 5.20. The zero-order valence-corrected chi connectivity index (χ0v) is 16.8. The highest BCUT2D eigenvalue weighted by Crippen LogP contribution is 2.25. The van der Waals surface area contributed by atoms with Crippen LogP contribution in [0.25, 0.3) is 0 Å². The molecule has 0 saturated carbocycles. The SMILES string of the molecule is CCOC(=O)c1ccc(CCCc2ccc(N)cc2OCc2ccccc2)cc1. The third-order valence-corrected chi connectivity index (χ3v) is 4.71. The Kier molecular flexibility index (Phi) is 7.28. The van der Waals surface area contributed by atoms with Gasteiger partial charge in [-0.3, -0.25) is 0 Å². The molecule has 0 amide bonds. The molecule has 0 saturated heterocycles. The summed E-state index contributed by atoms with van der Waals surface area (Å²) in [5.74, 6) is 0.563. The van der Waals surface area contributed by atoms with E-state index >= 15 is 0 Å². The van der Waals surface area contributed by atoms with E-state index in [1.807, 2.05) is 72.8 Å². The second-order valence-corrected chi connectivity index (χ2v) is 6.91. The minimum absolute atomic E-state index is 0.277. The van der Waals surface area contributed by atoms with E-state index in [4.69, 9.17) is 15.2 Å². The maximum atomic E-state index is 11.7. The second-order valence-electron chi connectivity index (χ2n) is 6.91. The lowest BCUT2D eigenvalue weighted by atomic mass is 10.0. The van der Waals surface area contributed by atoms with Gasteiger partial charge < -0.3 is 15.2 Å². The third-order valence-electron chi connectivity index (χ3n) is 4.71. The predicted molar refractivity (Wildman–Crippen MR) is 116 cm³/mol. The molecule has 0 spiro atoms. The largest absolute Gasteiger partial charge is 0.489 e. The van der Waals surface area contributed by atoms with Crippen molar-refractivity contribution in [1.82, 2.24) is 0 Å². The van der Waals surface area contributed by atoms with E-state index in [0.717, 1.165) is 36.1 Å². The number of anilines is 1. The fourth-order valence-corrected chi connectivity index (χ4v) is 3.15. The van der Waals surface area contributed by atoms with Gasteiger partial charge >= 0.3 is 5.97 Å². The Morgan fingerprint density at radius 1 is 0.897 bits per heavy atom. The molecule has 2 N–H and O–H groups in total. The fourth-order valence-electron chi connectivity index (χ4n) is 3.15. The first-order valence-corrected chi connectivity index (χ1v) is 9.97. The zero-order valence-electron chi connectivity index (χ0n) is 16.8. The molecule has 3 aromatic carbocycles. The number of aryl methyl sites for hydroxylation is 2. The van der Waals surface area contributed by atoms with E-state index in [2.05, 4.69) is 0 Å². The summed E-state index contributed by atoms with van der Waals surface area (Å²) in [4.78, 5) is 11.7. The van der Waals surface area contributed by atoms with Gasteiger partial charge in [-0.25, -0.2) is 4.79 Å². The van der Waals surface area contributed by atoms with Gasteiger partial charge in [0.1, 0.15) is 12.4 Å². The van der Waals surface area contributed by atoms with Crippen molar-refractivity contribution in [3.05, 3.63) is 95.1 Å². The van der Waals surface area contributed by atoms with Crippen LogP contribution in [0.3, 0.4) is 0 Å². The third kappa shape index (κ3) is 6.11. The average molecular weight is 389 g/mol. The molecule has 0 fully saturated rings. The lowest BCUT2D eigenvalue weighted by molar-refractivity contribution is 0.0526. The van der Waals surface area contributed by atoms with Gasteiger partial charge in [0, 0.05) is 11.8 Å². The van der Waals surface area contributed by atoms with Gasteiger partial charge in [-0.1, -0.05) is 48.5 Å². The van der Waals surface area contributed by atoms with Crippen LogP contribution in [-0.2, 0) is 24.2 Å². The maximum absolute atomic E-state index is 11.7. The van der Waals surface area contributed by atoms with Crippen molar-refractivity contribution in [2.45, 2.75) is 32.8 Å². The average Bonchev–Trinajstić information content (AvgIpc) is 2.75. The topological polar surface area (TPSA) is 61.5 Å². The number of nitrogens with two attached hydrogens (primary N) is 1. The van der Waals surface area contributed by atoms with Crippen LogP contribution in [0.1, 0.15) is 40.4 Å². The summed E-state index contributed by atoms with van der Waals surface area (Å²) in [6, 6.07) is 23.6. The molecule has 4 heteroatoms. The molecule has 0 heterocycles. The minimum Gasteiger partial charge on any atom is -0.489 e. The Labute approximate surface area is 172 Å². The first-order chi connectivity index (χ1) is 14.2. The first kappa shape index (κ1) is 20.5. The van der Waals surface area contributed by atoms with Crippen LogP contribution >= 0.6 is 0 Å². The molecule has 3 rings (SSSR count). The van der Waals surface area contributed by atoms with Crippen molar-refractivity contribution in [3.8, 4) is 5.75 Å². The van der Waals surface area contributed by atoms with Crippen molar-refractivity contribution >= 4 is 11.7 Å². The molecule has 0 aromatic heterocycles. The molecule has 0 atom stereocenters. The number of rotatable bonds is 9. The molecule has 0 bridgehead atoms. The summed E-state index contributed by atoms with van der Waals surface area (Å²) in [5.41, 5.74) is 10.7. The Morgan fingerprint density at radius 2 is 1.66 bits per heavy atom. The van der Waals surface area contributed by atoms with Crippen molar-refractivity contribution in [2.75, 3.05) is 12.3 Å². The van der Waals surface area contributed by atoms with Crippen molar-refractivity contribution in [2.24, 2.45) is 0 Å². The Bertz CT molecular complexity index is 921. The van der Waals surface area contributed by atoms with Gasteiger partial charge in [-0.05, 0) is 61.1 Å². The molecule has 29 heavy (non-hydrogen) atoms. The smallest absolute Gasteiger partial charge is 0.338 e. The van der Waals surface area contributed by atoms with Crippen LogP contribution in [0.5, 0.6) is 5.75 Å². The van der Waals surface area contributed by atoms with Gasteiger partial charge in [-0.15, -0.1) is 0 Å². The standard InChI is InChI=1S/C25H27NO3/c1-2-28-25(27)22-13-11-19(12-14-22)9-6-10-21-15-16-23(26)17-24(21)29-18-20-7-4-3-5-8-20/h3-5,7-8,11-17H,2,6,9-10,18,26H2,1H3. The van der Waals surface area contributed by atoms with Gasteiger partial charge in [0.2, 0.25) is 0 Å². The second kappa shape index (κ2) is 10.3. The van der Waals surface area contributed by atoms with Crippen molar-refractivity contribution in [3.63, 3.8) is 0 Å². The maximum Gasteiger partial charge on any atom is 0.338 e. The molecular weight excluding hydrogens is 362 g/mol. The summed E-state index contributed by atoms with van der Waals surface area (Å²) >= 11 is 0. The monoisotopic (exact) mass is 389 g/mol. The van der Waals surface area contributed by atoms with Crippen LogP contribution in [0.4, 0.5) is 5.69 Å². The zero-order chi connectivity index (χ0) is 20.5. The van der Waals surface area contributed by atoms with Crippen LogP contribution in [0, 0.1) is 0 Å². The van der Waals surface area contributed by atoms with E-state index in [-0.39, 0.29) is 5.97 Å². The molecular formula is C25H27NO3. The number of carbonyl (C=O) groups excluding carboxylic acids is 1. The quantitative estimate of drug-likeness (QED) is 0.404. The number of ether oxygens (including phenoxy) is 2. The van der Waals surface area contributed by atoms with E-state index in [1.165, 1.54) is 5.56 Å². The Hall–Kier alpha value is -3.27. The molecule has 4 nitrogen and oxygen atoms in total. The molecule has 0 radical (unpaired) electrons. The van der Waals surface area contributed by atoms with Crippen LogP contribution in [0.2, 0.25) is 0 Å². The molecule has 0 aliphatic heterocycles. The Morgan fingerprint density at radius 3 is 2.38 bits per heavy atom. The number of nitrogen functional groups attached to an aromatic ring is 1. The van der Waals surface area contributed by atoms with Gasteiger partial charge in [0.15, 0.2) is 0 Å². The van der Waals surface area contributed by atoms with E-state index in [0.29, 0.717) is 24.5 Å². The Balaban J connectivity index is 1.57. The van der Waals surface area contributed by atoms with Gasteiger partial charge in [0.05, 0.1) is 12.2 Å². The van der Waals surface area contributed by atoms with Gasteiger partial charge in [0.25, 0.3) is 0 Å². The number of esters is 1. The van der Waals surface area contributed by atoms with E-state index in [9.17, 15) is 4.79 Å². The highest BCUT2D eigenvalue weighted by molar-refractivity contribution is 5.89. The van der Waals surface area contributed by atoms with Crippen molar-refractivity contribution < 1.29 is 14.3 Å². The van der Waals surface area contributed by atoms with Crippen LogP contribution in [-0.4, -0.2) is 12.6 Å². The van der Waals surface area contributed by atoms with Crippen LogP contribution in [0.15, 0.2) is 72.8 Å². The highest BCUT2D eigenvalue weighted by atomic mass is 16.5. The van der Waals surface area contributed by atoms with E-state index < -0.39 is 0 Å². The molecule has 150 valence electrons. The lowest BCUT2D eigenvalue weighted by Gasteiger charge is -2.13. The number of hydrogen-bond donors (Lipinski definition) is 1. The summed E-state index contributed by atoms with van der Waals surface area (Å²) < 4.78 is 11.1. The number of hydrogen-bond acceptors (Lipinski definition) is 4. The normalized spacial score (nSPS) is 10.5.